The second kappa shape index (κ2) is 9.14. The number of allylic oxidation sites excluding steroid dienone is 1. The molecule has 2 aromatic carbocycles. The van der Waals surface area contributed by atoms with Gasteiger partial charge >= 0.3 is 0 Å². The van der Waals surface area contributed by atoms with Crippen LogP contribution in [-0.4, -0.2) is 5.11 Å². The molecule has 0 bridgehead atoms. The van der Waals surface area contributed by atoms with Crippen molar-refractivity contribution in [3.8, 4) is 11.1 Å². The van der Waals surface area contributed by atoms with Crippen molar-refractivity contribution >= 4 is 6.08 Å². The maximum atomic E-state index is 13.5. The van der Waals surface area contributed by atoms with Crippen LogP contribution in [0.25, 0.3) is 17.2 Å². The van der Waals surface area contributed by atoms with Gasteiger partial charge in [0.1, 0.15) is 5.82 Å². The van der Waals surface area contributed by atoms with E-state index in [1.807, 2.05) is 12.1 Å². The summed E-state index contributed by atoms with van der Waals surface area (Å²) in [6, 6.07) is 8.87. The molecule has 0 aliphatic carbocycles. The molecule has 0 atom stereocenters. The topological polar surface area (TPSA) is 20.2 Å². The molecule has 0 spiro atoms. The van der Waals surface area contributed by atoms with Crippen LogP contribution >= 0.6 is 0 Å². The Labute approximate surface area is 157 Å². The minimum Gasteiger partial charge on any atom is -0.392 e. The molecule has 2 heteroatoms. The fourth-order valence-electron chi connectivity index (χ4n) is 3.44. The fourth-order valence-corrected chi connectivity index (χ4v) is 3.44. The zero-order valence-electron chi connectivity index (χ0n) is 16.6. The van der Waals surface area contributed by atoms with Gasteiger partial charge in [-0.2, -0.15) is 0 Å². The number of hydrogen-bond acceptors (Lipinski definition) is 1. The Kier molecular flexibility index (Phi) is 7.16. The molecule has 0 aliphatic rings. The van der Waals surface area contributed by atoms with Gasteiger partial charge in [0.05, 0.1) is 6.61 Å². The van der Waals surface area contributed by atoms with Crippen LogP contribution in [0.2, 0.25) is 0 Å². The second-order valence-electron chi connectivity index (χ2n) is 7.49. The molecule has 1 N–H and O–H groups in total. The SMILES string of the molecule is CCC/C=C/c1c(C(C)C)cc(C(C)C)c(CO)c1-c1ccc(F)cc1. The number of benzene rings is 2. The van der Waals surface area contributed by atoms with Crippen molar-refractivity contribution in [1.82, 2.24) is 0 Å². The zero-order valence-corrected chi connectivity index (χ0v) is 16.6. The Bertz CT molecular complexity index is 755. The Morgan fingerprint density at radius 3 is 2.12 bits per heavy atom. The van der Waals surface area contributed by atoms with Crippen molar-refractivity contribution in [1.29, 1.82) is 0 Å². The number of halogens is 1. The van der Waals surface area contributed by atoms with Crippen LogP contribution in [0.3, 0.4) is 0 Å². The summed E-state index contributed by atoms with van der Waals surface area (Å²) >= 11 is 0. The van der Waals surface area contributed by atoms with Crippen molar-refractivity contribution in [2.75, 3.05) is 0 Å². The number of unbranched alkanes of at least 4 members (excludes halogenated alkanes) is 1. The first kappa shape index (κ1) is 20.4. The summed E-state index contributed by atoms with van der Waals surface area (Å²) in [7, 11) is 0. The van der Waals surface area contributed by atoms with Gasteiger partial charge in [0, 0.05) is 0 Å². The van der Waals surface area contributed by atoms with E-state index in [0.717, 1.165) is 35.1 Å². The maximum Gasteiger partial charge on any atom is 0.123 e. The van der Waals surface area contributed by atoms with Gasteiger partial charge in [-0.15, -0.1) is 0 Å². The summed E-state index contributed by atoms with van der Waals surface area (Å²) in [6.45, 7) is 10.8. The largest absolute Gasteiger partial charge is 0.392 e. The predicted molar refractivity (Wildman–Crippen MR) is 110 cm³/mol. The molecule has 0 aliphatic heterocycles. The van der Waals surface area contributed by atoms with Gasteiger partial charge in [-0.25, -0.2) is 4.39 Å². The average molecular weight is 355 g/mol. The molecular formula is C24H31FO. The van der Waals surface area contributed by atoms with E-state index in [4.69, 9.17) is 0 Å². The zero-order chi connectivity index (χ0) is 19.3. The van der Waals surface area contributed by atoms with Crippen LogP contribution in [-0.2, 0) is 6.61 Å². The molecule has 0 unspecified atom stereocenters. The minimum absolute atomic E-state index is 0.0206. The Morgan fingerprint density at radius 1 is 1.00 bits per heavy atom. The highest BCUT2D eigenvalue weighted by Crippen LogP contribution is 2.39. The first-order chi connectivity index (χ1) is 12.4. The monoisotopic (exact) mass is 354 g/mol. The molecule has 140 valence electrons. The van der Waals surface area contributed by atoms with Crippen molar-refractivity contribution in [2.24, 2.45) is 0 Å². The van der Waals surface area contributed by atoms with Crippen LogP contribution < -0.4 is 0 Å². The molecular weight excluding hydrogens is 323 g/mol. The van der Waals surface area contributed by atoms with Gasteiger partial charge in [-0.1, -0.05) is 71.4 Å². The summed E-state index contributed by atoms with van der Waals surface area (Å²) in [5.74, 6) is 0.426. The summed E-state index contributed by atoms with van der Waals surface area (Å²) in [4.78, 5) is 0. The van der Waals surface area contributed by atoms with Gasteiger partial charge in [0.2, 0.25) is 0 Å². The fraction of sp³-hybridized carbons (Fsp3) is 0.417. The van der Waals surface area contributed by atoms with Gasteiger partial charge in [0.25, 0.3) is 0 Å². The predicted octanol–water partition coefficient (Wildman–Crippen LogP) is 7.05. The third-order valence-corrected chi connectivity index (χ3v) is 4.82. The number of aliphatic hydroxyl groups excluding tert-OH is 1. The van der Waals surface area contributed by atoms with Gasteiger partial charge in [-0.05, 0) is 63.8 Å². The van der Waals surface area contributed by atoms with E-state index in [9.17, 15) is 9.50 Å². The number of rotatable bonds is 7. The number of hydrogen-bond donors (Lipinski definition) is 1. The molecule has 0 heterocycles. The van der Waals surface area contributed by atoms with Crippen LogP contribution in [0.15, 0.2) is 36.4 Å². The average Bonchev–Trinajstić information content (AvgIpc) is 2.61. The highest BCUT2D eigenvalue weighted by molar-refractivity contribution is 5.81. The molecule has 0 saturated carbocycles. The van der Waals surface area contributed by atoms with Crippen molar-refractivity contribution in [3.05, 3.63) is 64.5 Å². The van der Waals surface area contributed by atoms with Gasteiger partial charge in [-0.3, -0.25) is 0 Å². The van der Waals surface area contributed by atoms with Crippen LogP contribution in [0.4, 0.5) is 4.39 Å². The minimum atomic E-state index is -0.244. The molecule has 2 rings (SSSR count). The van der Waals surface area contributed by atoms with Crippen molar-refractivity contribution in [2.45, 2.75) is 65.9 Å². The Balaban J connectivity index is 2.86. The van der Waals surface area contributed by atoms with Crippen molar-refractivity contribution < 1.29 is 9.50 Å². The van der Waals surface area contributed by atoms with E-state index in [-0.39, 0.29) is 12.4 Å². The lowest BCUT2D eigenvalue weighted by Gasteiger charge is -2.24. The molecule has 0 radical (unpaired) electrons. The summed E-state index contributed by atoms with van der Waals surface area (Å²) < 4.78 is 13.5. The summed E-state index contributed by atoms with van der Waals surface area (Å²) in [6.07, 6.45) is 6.49. The van der Waals surface area contributed by atoms with E-state index in [0.29, 0.717) is 11.8 Å². The Morgan fingerprint density at radius 2 is 1.62 bits per heavy atom. The van der Waals surface area contributed by atoms with Crippen LogP contribution in [0.5, 0.6) is 0 Å². The maximum absolute atomic E-state index is 13.5. The van der Waals surface area contributed by atoms with E-state index in [1.165, 1.54) is 23.3 Å². The molecule has 26 heavy (non-hydrogen) atoms. The lowest BCUT2D eigenvalue weighted by atomic mass is 9.81. The second-order valence-corrected chi connectivity index (χ2v) is 7.49. The van der Waals surface area contributed by atoms with E-state index in [1.54, 1.807) is 0 Å². The van der Waals surface area contributed by atoms with Crippen molar-refractivity contribution in [3.63, 3.8) is 0 Å². The lowest BCUT2D eigenvalue weighted by Crippen LogP contribution is -2.06. The third kappa shape index (κ3) is 4.42. The van der Waals surface area contributed by atoms with Gasteiger partial charge in [0.15, 0.2) is 0 Å². The molecule has 0 fully saturated rings. The summed E-state index contributed by atoms with van der Waals surface area (Å²) in [5, 5.41) is 10.2. The third-order valence-electron chi connectivity index (χ3n) is 4.82. The smallest absolute Gasteiger partial charge is 0.123 e. The van der Waals surface area contributed by atoms with Crippen LogP contribution in [0, 0.1) is 5.82 Å². The molecule has 0 aromatic heterocycles. The highest BCUT2D eigenvalue weighted by atomic mass is 19.1. The standard InChI is InChI=1S/C24H31FO/c1-6-7-8-9-20-21(16(2)3)14-22(17(4)5)23(15-26)24(20)18-10-12-19(25)13-11-18/h8-14,16-17,26H,6-7,15H2,1-5H3/b9-8+. The highest BCUT2D eigenvalue weighted by Gasteiger charge is 2.20. The molecule has 1 nitrogen and oxygen atoms in total. The Hall–Kier alpha value is -1.93. The normalized spacial score (nSPS) is 11.9. The van der Waals surface area contributed by atoms with Crippen LogP contribution in [0.1, 0.15) is 81.5 Å². The first-order valence-corrected chi connectivity index (χ1v) is 9.63. The molecule has 2 aromatic rings. The quantitative estimate of drug-likeness (QED) is 0.565. The van der Waals surface area contributed by atoms with Gasteiger partial charge < -0.3 is 5.11 Å². The summed E-state index contributed by atoms with van der Waals surface area (Å²) in [5.41, 5.74) is 6.53. The molecule has 0 saturated heterocycles. The lowest BCUT2D eigenvalue weighted by molar-refractivity contribution is 0.280. The number of aliphatic hydroxyl groups is 1. The van der Waals surface area contributed by atoms with E-state index < -0.39 is 0 Å². The first-order valence-electron chi connectivity index (χ1n) is 9.63. The van der Waals surface area contributed by atoms with E-state index >= 15 is 0 Å². The van der Waals surface area contributed by atoms with E-state index in [2.05, 4.69) is 52.8 Å². The molecule has 0 amide bonds.